The van der Waals surface area contributed by atoms with Crippen LogP contribution >= 0.6 is 0 Å². The molecule has 1 saturated carbocycles. The summed E-state index contributed by atoms with van der Waals surface area (Å²) in [5.74, 6) is 2.26. The molecule has 0 atom stereocenters. The van der Waals surface area contributed by atoms with Crippen molar-refractivity contribution in [3.8, 4) is 22.6 Å². The highest BCUT2D eigenvalue weighted by Crippen LogP contribution is 2.34. The van der Waals surface area contributed by atoms with Gasteiger partial charge in [0, 0.05) is 17.8 Å². The van der Waals surface area contributed by atoms with Crippen molar-refractivity contribution in [2.75, 3.05) is 5.32 Å². The Kier molecular flexibility index (Phi) is 4.69. The van der Waals surface area contributed by atoms with Gasteiger partial charge in [0.1, 0.15) is 0 Å². The van der Waals surface area contributed by atoms with Crippen LogP contribution in [-0.2, 0) is 0 Å². The van der Waals surface area contributed by atoms with E-state index in [1.54, 1.807) is 6.20 Å². The van der Waals surface area contributed by atoms with Gasteiger partial charge >= 0.3 is 0 Å². The molecule has 5 heteroatoms. The number of benzene rings is 1. The SMILES string of the molecule is Cc1noc(-c2ccccc2)c1-c1ccnc(NC2CCC(C)CC2)n1. The number of nitrogens with one attached hydrogen (secondary N) is 1. The largest absolute Gasteiger partial charge is 0.355 e. The van der Waals surface area contributed by atoms with Crippen LogP contribution in [0, 0.1) is 12.8 Å². The molecule has 2 heterocycles. The molecular formula is C21H24N4O. The minimum atomic E-state index is 0.457. The van der Waals surface area contributed by atoms with Crippen LogP contribution in [-0.4, -0.2) is 21.2 Å². The van der Waals surface area contributed by atoms with Crippen LogP contribution in [0.25, 0.3) is 22.6 Å². The van der Waals surface area contributed by atoms with Crippen LogP contribution in [0.15, 0.2) is 47.1 Å². The maximum absolute atomic E-state index is 5.61. The molecule has 1 N–H and O–H groups in total. The third-order valence-corrected chi connectivity index (χ3v) is 5.16. The van der Waals surface area contributed by atoms with E-state index in [0.29, 0.717) is 12.0 Å². The van der Waals surface area contributed by atoms with E-state index >= 15 is 0 Å². The van der Waals surface area contributed by atoms with Crippen LogP contribution in [0.1, 0.15) is 38.3 Å². The smallest absolute Gasteiger partial charge is 0.223 e. The molecule has 4 rings (SSSR count). The molecule has 3 aromatic rings. The molecule has 5 nitrogen and oxygen atoms in total. The van der Waals surface area contributed by atoms with Gasteiger partial charge in [-0.05, 0) is 44.6 Å². The van der Waals surface area contributed by atoms with Gasteiger partial charge in [-0.3, -0.25) is 0 Å². The predicted octanol–water partition coefficient (Wildman–Crippen LogP) is 5.10. The molecule has 0 radical (unpaired) electrons. The van der Waals surface area contributed by atoms with E-state index in [1.807, 2.05) is 43.3 Å². The molecule has 26 heavy (non-hydrogen) atoms. The van der Waals surface area contributed by atoms with Crippen molar-refractivity contribution in [2.24, 2.45) is 5.92 Å². The van der Waals surface area contributed by atoms with E-state index in [1.165, 1.54) is 25.7 Å². The Balaban J connectivity index is 1.62. The van der Waals surface area contributed by atoms with Gasteiger partial charge in [0.15, 0.2) is 5.76 Å². The average Bonchev–Trinajstić information content (AvgIpc) is 3.06. The van der Waals surface area contributed by atoms with Crippen molar-refractivity contribution in [3.63, 3.8) is 0 Å². The summed E-state index contributed by atoms with van der Waals surface area (Å²) in [7, 11) is 0. The Bertz CT molecular complexity index is 867. The van der Waals surface area contributed by atoms with E-state index in [4.69, 9.17) is 9.51 Å². The minimum Gasteiger partial charge on any atom is -0.355 e. The van der Waals surface area contributed by atoms with Gasteiger partial charge < -0.3 is 9.84 Å². The van der Waals surface area contributed by atoms with Crippen LogP contribution in [0.4, 0.5) is 5.95 Å². The van der Waals surface area contributed by atoms with Gasteiger partial charge in [-0.1, -0.05) is 42.4 Å². The Labute approximate surface area is 153 Å². The average molecular weight is 348 g/mol. The second kappa shape index (κ2) is 7.28. The van der Waals surface area contributed by atoms with Gasteiger partial charge in [-0.2, -0.15) is 0 Å². The van der Waals surface area contributed by atoms with Crippen molar-refractivity contribution < 1.29 is 4.52 Å². The molecular weight excluding hydrogens is 324 g/mol. The molecule has 134 valence electrons. The summed E-state index contributed by atoms with van der Waals surface area (Å²) >= 11 is 0. The van der Waals surface area contributed by atoms with Crippen molar-refractivity contribution >= 4 is 5.95 Å². The summed E-state index contributed by atoms with van der Waals surface area (Å²) in [5, 5.41) is 7.68. The maximum atomic E-state index is 5.61. The van der Waals surface area contributed by atoms with Crippen molar-refractivity contribution in [3.05, 3.63) is 48.3 Å². The Hall–Kier alpha value is -2.69. The molecule has 0 bridgehead atoms. The number of aryl methyl sites for hydroxylation is 1. The molecule has 1 fully saturated rings. The quantitative estimate of drug-likeness (QED) is 0.711. The molecule has 2 aromatic heterocycles. The Morgan fingerprint density at radius 2 is 1.81 bits per heavy atom. The summed E-state index contributed by atoms with van der Waals surface area (Å²) < 4.78 is 5.61. The number of hydrogen-bond acceptors (Lipinski definition) is 5. The van der Waals surface area contributed by atoms with Gasteiger partial charge in [0.2, 0.25) is 5.95 Å². The van der Waals surface area contributed by atoms with Crippen LogP contribution < -0.4 is 5.32 Å². The summed E-state index contributed by atoms with van der Waals surface area (Å²) in [4.78, 5) is 9.17. The zero-order chi connectivity index (χ0) is 17.9. The molecule has 1 aliphatic carbocycles. The minimum absolute atomic E-state index is 0.457. The highest BCUT2D eigenvalue weighted by molar-refractivity contribution is 5.79. The van der Waals surface area contributed by atoms with Gasteiger partial charge in [0.05, 0.1) is 17.0 Å². The van der Waals surface area contributed by atoms with E-state index < -0.39 is 0 Å². The fourth-order valence-corrected chi connectivity index (χ4v) is 3.61. The third kappa shape index (κ3) is 3.47. The number of anilines is 1. The van der Waals surface area contributed by atoms with E-state index in [0.717, 1.165) is 34.2 Å². The van der Waals surface area contributed by atoms with Crippen molar-refractivity contribution in [2.45, 2.75) is 45.6 Å². The van der Waals surface area contributed by atoms with Crippen LogP contribution in [0.3, 0.4) is 0 Å². The molecule has 1 aromatic carbocycles. The molecule has 0 aliphatic heterocycles. The Morgan fingerprint density at radius 1 is 1.04 bits per heavy atom. The van der Waals surface area contributed by atoms with Crippen molar-refractivity contribution in [1.82, 2.24) is 15.1 Å². The van der Waals surface area contributed by atoms with Crippen LogP contribution in [0.5, 0.6) is 0 Å². The molecule has 0 saturated heterocycles. The number of rotatable bonds is 4. The standard InChI is InChI=1S/C21H24N4O/c1-14-8-10-17(11-9-14)23-21-22-13-12-18(24-21)19-15(2)25-26-20(19)16-6-4-3-5-7-16/h3-7,12-14,17H,8-11H2,1-2H3,(H,22,23,24). The summed E-state index contributed by atoms with van der Waals surface area (Å²) in [6, 6.07) is 12.4. The van der Waals surface area contributed by atoms with E-state index in [2.05, 4.69) is 22.4 Å². The fourth-order valence-electron chi connectivity index (χ4n) is 3.61. The lowest BCUT2D eigenvalue weighted by atomic mass is 9.87. The first-order valence-corrected chi connectivity index (χ1v) is 9.32. The summed E-state index contributed by atoms with van der Waals surface area (Å²) in [5.41, 5.74) is 3.60. The van der Waals surface area contributed by atoms with Crippen molar-refractivity contribution in [1.29, 1.82) is 0 Å². The molecule has 0 spiro atoms. The summed E-state index contributed by atoms with van der Waals surface area (Å²) in [6.45, 7) is 4.27. The van der Waals surface area contributed by atoms with Gasteiger partial charge in [-0.15, -0.1) is 0 Å². The predicted molar refractivity (Wildman–Crippen MR) is 103 cm³/mol. The first-order chi connectivity index (χ1) is 12.7. The number of aromatic nitrogens is 3. The number of hydrogen-bond donors (Lipinski definition) is 1. The number of nitrogens with zero attached hydrogens (tertiary/aromatic N) is 3. The monoisotopic (exact) mass is 348 g/mol. The highest BCUT2D eigenvalue weighted by Gasteiger charge is 2.21. The van der Waals surface area contributed by atoms with E-state index in [-0.39, 0.29) is 0 Å². The lowest BCUT2D eigenvalue weighted by Crippen LogP contribution is -2.26. The fraction of sp³-hybridized carbons (Fsp3) is 0.381. The highest BCUT2D eigenvalue weighted by atomic mass is 16.5. The lowest BCUT2D eigenvalue weighted by Gasteiger charge is -2.26. The third-order valence-electron chi connectivity index (χ3n) is 5.16. The zero-order valence-electron chi connectivity index (χ0n) is 15.3. The molecule has 0 amide bonds. The molecule has 0 unspecified atom stereocenters. The van der Waals surface area contributed by atoms with Crippen LogP contribution in [0.2, 0.25) is 0 Å². The maximum Gasteiger partial charge on any atom is 0.223 e. The summed E-state index contributed by atoms with van der Waals surface area (Å²) in [6.07, 6.45) is 6.69. The zero-order valence-corrected chi connectivity index (χ0v) is 15.3. The second-order valence-corrected chi connectivity index (χ2v) is 7.20. The molecule has 1 aliphatic rings. The normalized spacial score (nSPS) is 20.1. The first-order valence-electron chi connectivity index (χ1n) is 9.32. The Morgan fingerprint density at radius 3 is 2.58 bits per heavy atom. The van der Waals surface area contributed by atoms with E-state index in [9.17, 15) is 0 Å². The second-order valence-electron chi connectivity index (χ2n) is 7.20. The topological polar surface area (TPSA) is 63.8 Å². The van der Waals surface area contributed by atoms with Gasteiger partial charge in [0.25, 0.3) is 0 Å². The lowest BCUT2D eigenvalue weighted by molar-refractivity contribution is 0.360. The van der Waals surface area contributed by atoms with Gasteiger partial charge in [-0.25, -0.2) is 9.97 Å². The first kappa shape index (κ1) is 16.8.